The molecule has 0 aliphatic carbocycles. The molecule has 2 unspecified atom stereocenters. The number of likely N-dealkylation sites (tertiary alicyclic amines) is 1. The minimum Gasteiger partial charge on any atom is -0.383 e. The molecule has 2 rings (SSSR count). The van der Waals surface area contributed by atoms with Crippen molar-refractivity contribution in [3.8, 4) is 0 Å². The Bertz CT molecular complexity index is 284. The van der Waals surface area contributed by atoms with E-state index in [1.54, 1.807) is 7.11 Å². The Morgan fingerprint density at radius 3 is 2.90 bits per heavy atom. The highest BCUT2D eigenvalue weighted by molar-refractivity contribution is 4.84. The SMILES string of the molecule is COCCNCC1CCCN(CC2CCC(C)(C)O2)C1. The van der Waals surface area contributed by atoms with Crippen LogP contribution in [0.15, 0.2) is 0 Å². The molecule has 0 aromatic carbocycles. The second-order valence-corrected chi connectivity index (χ2v) is 7.00. The Hall–Kier alpha value is -0.160. The third kappa shape index (κ3) is 5.32. The van der Waals surface area contributed by atoms with Gasteiger partial charge in [-0.15, -0.1) is 0 Å². The zero-order valence-corrected chi connectivity index (χ0v) is 13.5. The summed E-state index contributed by atoms with van der Waals surface area (Å²) in [6, 6.07) is 0. The van der Waals surface area contributed by atoms with E-state index in [0.717, 1.165) is 32.2 Å². The number of hydrogen-bond donors (Lipinski definition) is 1. The van der Waals surface area contributed by atoms with E-state index in [1.807, 2.05) is 0 Å². The van der Waals surface area contributed by atoms with E-state index in [1.165, 1.54) is 38.8 Å². The highest BCUT2D eigenvalue weighted by atomic mass is 16.5. The van der Waals surface area contributed by atoms with Gasteiger partial charge in [-0.2, -0.15) is 0 Å². The number of methoxy groups -OCH3 is 1. The second-order valence-electron chi connectivity index (χ2n) is 7.00. The van der Waals surface area contributed by atoms with E-state index in [9.17, 15) is 0 Å². The Kier molecular flexibility index (Phi) is 6.27. The first-order valence-electron chi connectivity index (χ1n) is 8.19. The van der Waals surface area contributed by atoms with Gasteiger partial charge in [0.05, 0.1) is 18.3 Å². The average molecular weight is 284 g/mol. The van der Waals surface area contributed by atoms with Gasteiger partial charge < -0.3 is 19.7 Å². The third-order valence-electron chi connectivity index (χ3n) is 4.53. The summed E-state index contributed by atoms with van der Waals surface area (Å²) in [6.07, 6.45) is 5.55. The molecule has 20 heavy (non-hydrogen) atoms. The smallest absolute Gasteiger partial charge is 0.0710 e. The van der Waals surface area contributed by atoms with Gasteiger partial charge in [0.2, 0.25) is 0 Å². The van der Waals surface area contributed by atoms with Gasteiger partial charge in [-0.1, -0.05) is 0 Å². The normalized spacial score (nSPS) is 30.8. The van der Waals surface area contributed by atoms with Crippen LogP contribution in [0.2, 0.25) is 0 Å². The molecule has 2 saturated heterocycles. The van der Waals surface area contributed by atoms with E-state index in [0.29, 0.717) is 6.10 Å². The predicted octanol–water partition coefficient (Wildman–Crippen LogP) is 1.89. The lowest BCUT2D eigenvalue weighted by atomic mass is 9.97. The molecule has 4 heteroatoms. The van der Waals surface area contributed by atoms with E-state index in [-0.39, 0.29) is 5.60 Å². The van der Waals surface area contributed by atoms with E-state index >= 15 is 0 Å². The van der Waals surface area contributed by atoms with Gasteiger partial charge >= 0.3 is 0 Å². The summed E-state index contributed by atoms with van der Waals surface area (Å²) in [4.78, 5) is 2.61. The summed E-state index contributed by atoms with van der Waals surface area (Å²) in [7, 11) is 1.76. The summed E-state index contributed by atoms with van der Waals surface area (Å²) >= 11 is 0. The lowest BCUT2D eigenvalue weighted by Gasteiger charge is -2.34. The quantitative estimate of drug-likeness (QED) is 0.724. The van der Waals surface area contributed by atoms with E-state index in [4.69, 9.17) is 9.47 Å². The van der Waals surface area contributed by atoms with Gasteiger partial charge in [-0.05, 0) is 58.5 Å². The lowest BCUT2D eigenvalue weighted by Crippen LogP contribution is -2.43. The fourth-order valence-electron chi connectivity index (χ4n) is 3.46. The topological polar surface area (TPSA) is 33.7 Å². The van der Waals surface area contributed by atoms with Crippen LogP contribution in [0.1, 0.15) is 39.5 Å². The maximum absolute atomic E-state index is 6.13. The average Bonchev–Trinajstić information content (AvgIpc) is 2.74. The van der Waals surface area contributed by atoms with E-state index in [2.05, 4.69) is 24.1 Å². The van der Waals surface area contributed by atoms with Gasteiger partial charge in [0.25, 0.3) is 0 Å². The first-order valence-corrected chi connectivity index (χ1v) is 8.19. The number of piperidine rings is 1. The standard InChI is InChI=1S/C16H32N2O2/c1-16(2)7-6-15(20-16)13-18-9-4-5-14(12-18)11-17-8-10-19-3/h14-15,17H,4-13H2,1-3H3. The van der Waals surface area contributed by atoms with Gasteiger partial charge in [0.15, 0.2) is 0 Å². The summed E-state index contributed by atoms with van der Waals surface area (Å²) in [5, 5.41) is 3.50. The number of rotatable bonds is 7. The van der Waals surface area contributed by atoms with Crippen molar-refractivity contribution < 1.29 is 9.47 Å². The van der Waals surface area contributed by atoms with Crippen molar-refractivity contribution in [2.45, 2.75) is 51.2 Å². The van der Waals surface area contributed by atoms with Crippen molar-refractivity contribution in [2.24, 2.45) is 5.92 Å². The maximum Gasteiger partial charge on any atom is 0.0710 e. The van der Waals surface area contributed by atoms with Crippen LogP contribution in [0.4, 0.5) is 0 Å². The van der Waals surface area contributed by atoms with Crippen molar-refractivity contribution in [2.75, 3.05) is 46.4 Å². The van der Waals surface area contributed by atoms with Crippen molar-refractivity contribution >= 4 is 0 Å². The first kappa shape index (κ1) is 16.2. The molecule has 2 fully saturated rings. The van der Waals surface area contributed by atoms with Crippen molar-refractivity contribution in [3.05, 3.63) is 0 Å². The summed E-state index contributed by atoms with van der Waals surface area (Å²) in [6.45, 7) is 10.9. The number of nitrogens with one attached hydrogen (secondary N) is 1. The first-order chi connectivity index (χ1) is 9.59. The molecular weight excluding hydrogens is 252 g/mol. The summed E-state index contributed by atoms with van der Waals surface area (Å²) < 4.78 is 11.2. The lowest BCUT2D eigenvalue weighted by molar-refractivity contribution is -0.0328. The molecule has 0 saturated carbocycles. The molecule has 2 aliphatic rings. The Labute approximate surface area is 124 Å². The highest BCUT2D eigenvalue weighted by Crippen LogP contribution is 2.30. The molecule has 0 spiro atoms. The monoisotopic (exact) mass is 284 g/mol. The molecule has 0 aromatic heterocycles. The van der Waals surface area contributed by atoms with Crippen LogP contribution >= 0.6 is 0 Å². The summed E-state index contributed by atoms with van der Waals surface area (Å²) in [5.41, 5.74) is 0.0988. The molecule has 0 amide bonds. The zero-order valence-electron chi connectivity index (χ0n) is 13.5. The Morgan fingerprint density at radius 1 is 1.35 bits per heavy atom. The molecule has 118 valence electrons. The van der Waals surface area contributed by atoms with Crippen LogP contribution in [-0.2, 0) is 9.47 Å². The minimum atomic E-state index is 0.0988. The van der Waals surface area contributed by atoms with Crippen LogP contribution in [0.3, 0.4) is 0 Å². The highest BCUT2D eigenvalue weighted by Gasteiger charge is 2.33. The van der Waals surface area contributed by atoms with Gasteiger partial charge in [-0.25, -0.2) is 0 Å². The fourth-order valence-corrected chi connectivity index (χ4v) is 3.46. The molecule has 0 radical (unpaired) electrons. The minimum absolute atomic E-state index is 0.0988. The van der Waals surface area contributed by atoms with Crippen LogP contribution in [-0.4, -0.2) is 63.0 Å². The molecule has 4 nitrogen and oxygen atoms in total. The largest absolute Gasteiger partial charge is 0.383 e. The fraction of sp³-hybridized carbons (Fsp3) is 1.00. The third-order valence-corrected chi connectivity index (χ3v) is 4.53. The number of ether oxygens (including phenoxy) is 2. The Balaban J connectivity index is 1.65. The number of nitrogens with zero attached hydrogens (tertiary/aromatic N) is 1. The Morgan fingerprint density at radius 2 is 2.20 bits per heavy atom. The zero-order chi connectivity index (χ0) is 14.4. The molecule has 1 N–H and O–H groups in total. The van der Waals surface area contributed by atoms with Crippen LogP contribution < -0.4 is 5.32 Å². The van der Waals surface area contributed by atoms with Crippen molar-refractivity contribution in [3.63, 3.8) is 0 Å². The molecular formula is C16H32N2O2. The van der Waals surface area contributed by atoms with Crippen LogP contribution in [0.5, 0.6) is 0 Å². The van der Waals surface area contributed by atoms with Crippen molar-refractivity contribution in [1.29, 1.82) is 0 Å². The second kappa shape index (κ2) is 7.74. The molecule has 2 heterocycles. The van der Waals surface area contributed by atoms with Crippen molar-refractivity contribution in [1.82, 2.24) is 10.2 Å². The van der Waals surface area contributed by atoms with Gasteiger partial charge in [0, 0.05) is 26.7 Å². The number of hydrogen-bond acceptors (Lipinski definition) is 4. The molecule has 0 bridgehead atoms. The van der Waals surface area contributed by atoms with Crippen LogP contribution in [0.25, 0.3) is 0 Å². The molecule has 0 aromatic rings. The van der Waals surface area contributed by atoms with Gasteiger partial charge in [0.1, 0.15) is 0 Å². The van der Waals surface area contributed by atoms with Gasteiger partial charge in [-0.3, -0.25) is 0 Å². The maximum atomic E-state index is 6.13. The van der Waals surface area contributed by atoms with E-state index < -0.39 is 0 Å². The molecule has 2 atom stereocenters. The summed E-state index contributed by atoms with van der Waals surface area (Å²) in [5.74, 6) is 0.787. The predicted molar refractivity (Wildman–Crippen MR) is 82.1 cm³/mol. The van der Waals surface area contributed by atoms with Crippen LogP contribution in [0, 0.1) is 5.92 Å². The molecule has 2 aliphatic heterocycles.